The molecule has 0 aliphatic rings. The molecule has 5 N–H and O–H groups in total. The van der Waals surface area contributed by atoms with Crippen molar-refractivity contribution in [2.24, 2.45) is 10.3 Å². The first-order valence-electron chi connectivity index (χ1n) is 3.62. The van der Waals surface area contributed by atoms with Gasteiger partial charge in [0.2, 0.25) is 10.0 Å². The van der Waals surface area contributed by atoms with Crippen molar-refractivity contribution in [2.75, 3.05) is 4.72 Å². The van der Waals surface area contributed by atoms with Crippen molar-refractivity contribution in [3.8, 4) is 0 Å². The number of rotatable bonds is 3. The van der Waals surface area contributed by atoms with Crippen molar-refractivity contribution in [3.05, 3.63) is 24.3 Å². The zero-order valence-corrected chi connectivity index (χ0v) is 9.05. The highest BCUT2D eigenvalue weighted by molar-refractivity contribution is 7.90. The summed E-state index contributed by atoms with van der Waals surface area (Å²) in [6.45, 7) is 0. The number of nitrogens with two attached hydrogens (primary N) is 2. The van der Waals surface area contributed by atoms with Crippen LogP contribution in [-0.4, -0.2) is 16.8 Å². The molecule has 84 valence electrons. The van der Waals surface area contributed by atoms with E-state index in [1.54, 1.807) is 0 Å². The number of primary sulfonamides is 1. The van der Waals surface area contributed by atoms with Crippen LogP contribution < -0.4 is 15.0 Å². The smallest absolute Gasteiger partial charge is 0.271 e. The maximum atomic E-state index is 10.9. The van der Waals surface area contributed by atoms with Crippen LogP contribution in [0.5, 0.6) is 0 Å². The van der Waals surface area contributed by atoms with Crippen molar-refractivity contribution in [1.29, 1.82) is 0 Å². The zero-order valence-electron chi connectivity index (χ0n) is 7.41. The molecule has 1 aromatic carbocycles. The molecular weight excluding hydrogens is 242 g/mol. The van der Waals surface area contributed by atoms with Crippen LogP contribution in [0.1, 0.15) is 0 Å². The van der Waals surface area contributed by atoms with E-state index in [0.717, 1.165) is 6.07 Å². The summed E-state index contributed by atoms with van der Waals surface area (Å²) >= 11 is 0. The average molecular weight is 251 g/mol. The predicted molar refractivity (Wildman–Crippen MR) is 54.5 cm³/mol. The Hall–Kier alpha value is -1.16. The molecule has 0 saturated carbocycles. The minimum Gasteiger partial charge on any atom is -0.271 e. The first kappa shape index (κ1) is 11.9. The SMILES string of the molecule is NS(=O)(=O)Nc1cccc(S(N)(=O)=O)c1. The Morgan fingerprint density at radius 1 is 1.07 bits per heavy atom. The van der Waals surface area contributed by atoms with Crippen LogP contribution in [-0.2, 0) is 20.2 Å². The fraction of sp³-hybridized carbons (Fsp3) is 0. The second-order valence-electron chi connectivity index (χ2n) is 2.72. The van der Waals surface area contributed by atoms with E-state index in [-0.39, 0.29) is 10.6 Å². The van der Waals surface area contributed by atoms with E-state index >= 15 is 0 Å². The van der Waals surface area contributed by atoms with E-state index in [4.69, 9.17) is 10.3 Å². The van der Waals surface area contributed by atoms with Gasteiger partial charge in [0.15, 0.2) is 0 Å². The Labute approximate surface area is 87.3 Å². The summed E-state index contributed by atoms with van der Waals surface area (Å²) in [7, 11) is -7.78. The van der Waals surface area contributed by atoms with Gasteiger partial charge in [0.25, 0.3) is 10.2 Å². The number of anilines is 1. The fourth-order valence-corrected chi connectivity index (χ4v) is 1.92. The summed E-state index contributed by atoms with van der Waals surface area (Å²) in [5.74, 6) is 0. The molecule has 0 spiro atoms. The molecule has 0 heterocycles. The van der Waals surface area contributed by atoms with E-state index in [0.29, 0.717) is 0 Å². The average Bonchev–Trinajstić information content (AvgIpc) is 1.99. The Morgan fingerprint density at radius 2 is 1.67 bits per heavy atom. The van der Waals surface area contributed by atoms with Gasteiger partial charge in [0.05, 0.1) is 10.6 Å². The molecule has 1 aromatic rings. The highest BCUT2D eigenvalue weighted by Gasteiger charge is 2.09. The molecular formula is C6H9N3O4S2. The molecule has 0 radical (unpaired) electrons. The van der Waals surface area contributed by atoms with Crippen molar-refractivity contribution in [1.82, 2.24) is 0 Å². The van der Waals surface area contributed by atoms with E-state index in [1.807, 2.05) is 4.72 Å². The molecule has 15 heavy (non-hydrogen) atoms. The fourth-order valence-electron chi connectivity index (χ4n) is 0.901. The Morgan fingerprint density at radius 3 is 2.13 bits per heavy atom. The second kappa shape index (κ2) is 3.77. The van der Waals surface area contributed by atoms with Crippen molar-refractivity contribution >= 4 is 25.9 Å². The predicted octanol–water partition coefficient (Wildman–Crippen LogP) is -1.05. The van der Waals surface area contributed by atoms with Gasteiger partial charge < -0.3 is 0 Å². The van der Waals surface area contributed by atoms with Crippen molar-refractivity contribution in [3.63, 3.8) is 0 Å². The zero-order chi connectivity index (χ0) is 11.7. The van der Waals surface area contributed by atoms with Gasteiger partial charge in [-0.1, -0.05) is 6.07 Å². The van der Waals surface area contributed by atoms with Gasteiger partial charge in [-0.25, -0.2) is 18.7 Å². The van der Waals surface area contributed by atoms with Crippen molar-refractivity contribution in [2.45, 2.75) is 4.90 Å². The maximum absolute atomic E-state index is 10.9. The lowest BCUT2D eigenvalue weighted by Crippen LogP contribution is -2.22. The summed E-state index contributed by atoms with van der Waals surface area (Å²) in [6, 6.07) is 5.00. The molecule has 1 rings (SSSR count). The molecule has 7 nitrogen and oxygen atoms in total. The molecule has 0 fully saturated rings. The lowest BCUT2D eigenvalue weighted by Gasteiger charge is -2.04. The number of benzene rings is 1. The minimum absolute atomic E-state index is 0.0315. The first-order chi connectivity index (χ1) is 6.68. The standard InChI is InChI=1S/C6H9N3O4S2/c7-14(10,11)6-3-1-2-5(4-6)9-15(8,12)13/h1-4,9H,(H2,7,10,11)(H2,8,12,13). The second-order valence-corrected chi connectivity index (χ2v) is 5.58. The number of hydrogen-bond acceptors (Lipinski definition) is 4. The monoisotopic (exact) mass is 251 g/mol. The summed E-state index contributed by atoms with van der Waals surface area (Å²) in [6.07, 6.45) is 0. The van der Waals surface area contributed by atoms with Gasteiger partial charge in [-0.15, -0.1) is 0 Å². The molecule has 9 heteroatoms. The molecule has 0 aromatic heterocycles. The third-order valence-electron chi connectivity index (χ3n) is 1.42. The van der Waals surface area contributed by atoms with Gasteiger partial charge in [0.1, 0.15) is 0 Å². The Bertz CT molecular complexity index is 564. The van der Waals surface area contributed by atoms with Crippen LogP contribution in [0.15, 0.2) is 29.2 Å². The van der Waals surface area contributed by atoms with Crippen LogP contribution in [0, 0.1) is 0 Å². The van der Waals surface area contributed by atoms with E-state index in [2.05, 4.69) is 0 Å². The molecule has 0 aliphatic heterocycles. The molecule has 0 atom stereocenters. The summed E-state index contributed by atoms with van der Waals surface area (Å²) in [5.41, 5.74) is 0.0315. The molecule has 0 bridgehead atoms. The third-order valence-corrected chi connectivity index (χ3v) is 2.85. The van der Waals surface area contributed by atoms with Crippen LogP contribution in [0.25, 0.3) is 0 Å². The lowest BCUT2D eigenvalue weighted by atomic mass is 10.3. The quantitative estimate of drug-likeness (QED) is 0.632. The maximum Gasteiger partial charge on any atom is 0.296 e. The van der Waals surface area contributed by atoms with Crippen LogP contribution >= 0.6 is 0 Å². The highest BCUT2D eigenvalue weighted by Crippen LogP contribution is 2.14. The van der Waals surface area contributed by atoms with E-state index in [1.165, 1.54) is 18.2 Å². The van der Waals surface area contributed by atoms with Crippen LogP contribution in [0.3, 0.4) is 0 Å². The molecule has 0 unspecified atom stereocenters. The van der Waals surface area contributed by atoms with E-state index < -0.39 is 20.2 Å². The number of hydrogen-bond donors (Lipinski definition) is 3. The van der Waals surface area contributed by atoms with E-state index in [9.17, 15) is 16.8 Å². The first-order valence-corrected chi connectivity index (χ1v) is 6.71. The molecule has 0 saturated heterocycles. The van der Waals surface area contributed by atoms with Gasteiger partial charge >= 0.3 is 0 Å². The van der Waals surface area contributed by atoms with Crippen LogP contribution in [0.2, 0.25) is 0 Å². The molecule has 0 aliphatic carbocycles. The summed E-state index contributed by atoms with van der Waals surface area (Å²) in [5, 5.41) is 9.56. The third kappa shape index (κ3) is 3.83. The minimum atomic E-state index is -3.93. The Balaban J connectivity index is 3.15. The van der Waals surface area contributed by atoms with Gasteiger partial charge in [-0.3, -0.25) is 4.72 Å². The lowest BCUT2D eigenvalue weighted by molar-refractivity contribution is 0.596. The Kier molecular flexibility index (Phi) is 3.00. The highest BCUT2D eigenvalue weighted by atomic mass is 32.2. The summed E-state index contributed by atoms with van der Waals surface area (Å²) < 4.78 is 45.1. The largest absolute Gasteiger partial charge is 0.296 e. The van der Waals surface area contributed by atoms with Crippen molar-refractivity contribution < 1.29 is 16.8 Å². The molecule has 0 amide bonds. The summed E-state index contributed by atoms with van der Waals surface area (Å²) in [4.78, 5) is -0.198. The van der Waals surface area contributed by atoms with Crippen LogP contribution in [0.4, 0.5) is 5.69 Å². The normalized spacial score (nSPS) is 12.4. The number of nitrogens with one attached hydrogen (secondary N) is 1. The van der Waals surface area contributed by atoms with Gasteiger partial charge in [-0.05, 0) is 18.2 Å². The van der Waals surface area contributed by atoms with Gasteiger partial charge in [-0.2, -0.15) is 8.42 Å². The van der Waals surface area contributed by atoms with Gasteiger partial charge in [0, 0.05) is 0 Å². The topological polar surface area (TPSA) is 132 Å². The number of sulfonamides is 1.